The van der Waals surface area contributed by atoms with Crippen LogP contribution in [0.25, 0.3) is 0 Å². The number of allylic oxidation sites excluding steroid dienone is 6. The van der Waals surface area contributed by atoms with Crippen LogP contribution in [0.5, 0.6) is 0 Å². The molecule has 0 heterocycles. The number of rotatable bonds is 65. The maximum absolute atomic E-state index is 12.5. The molecule has 2 atom stereocenters. The lowest BCUT2D eigenvalue weighted by molar-refractivity contribution is -0.143. The molecule has 77 heavy (non-hydrogen) atoms. The summed E-state index contributed by atoms with van der Waals surface area (Å²) in [5, 5.41) is 23.4. The van der Waals surface area contributed by atoms with Crippen molar-refractivity contribution in [1.29, 1.82) is 0 Å². The normalized spacial score (nSPS) is 12.7. The van der Waals surface area contributed by atoms with Gasteiger partial charge in [0.25, 0.3) is 0 Å². The number of carbonyl (C=O) groups is 2. The van der Waals surface area contributed by atoms with E-state index in [-0.39, 0.29) is 18.5 Å². The van der Waals surface area contributed by atoms with E-state index in [1.165, 1.54) is 276 Å². The predicted octanol–water partition coefficient (Wildman–Crippen LogP) is 22.3. The maximum Gasteiger partial charge on any atom is 0.305 e. The summed E-state index contributed by atoms with van der Waals surface area (Å²) in [6.45, 7) is 4.94. The van der Waals surface area contributed by atoms with Crippen molar-refractivity contribution in [2.24, 2.45) is 0 Å². The Hall–Kier alpha value is -1.92. The fourth-order valence-electron chi connectivity index (χ4n) is 10.9. The van der Waals surface area contributed by atoms with Crippen LogP contribution in [0.1, 0.15) is 380 Å². The highest BCUT2D eigenvalue weighted by Gasteiger charge is 2.20. The van der Waals surface area contributed by atoms with E-state index >= 15 is 0 Å². The standard InChI is InChI=1S/C71H135NO5/c1-3-5-7-9-11-13-15-17-19-21-23-24-25-28-31-35-39-43-47-51-55-59-63-69(74)68(67-73)72-70(75)64-60-56-52-48-44-40-36-32-29-26-30-34-38-42-46-50-54-58-62-66-77-71(76)65-61-57-53-49-45-41-37-33-27-22-20-18-16-14-12-10-8-6-4-2/h18,20,34,38,42,46,68-69,73-74H,3-17,19,21-33,35-37,39-41,43-45,47-67H2,1-2H3,(H,72,75)/b20-18-,38-34-,46-42-. The zero-order valence-corrected chi connectivity index (χ0v) is 52.0. The summed E-state index contributed by atoms with van der Waals surface area (Å²) in [6.07, 6.45) is 84.6. The van der Waals surface area contributed by atoms with Crippen molar-refractivity contribution in [3.63, 3.8) is 0 Å². The first kappa shape index (κ1) is 75.1. The number of aliphatic hydroxyl groups is 2. The van der Waals surface area contributed by atoms with Crippen molar-refractivity contribution in [3.8, 4) is 0 Å². The molecular weight excluding hydrogens is 947 g/mol. The summed E-state index contributed by atoms with van der Waals surface area (Å²) in [5.41, 5.74) is 0. The van der Waals surface area contributed by atoms with Crippen LogP contribution in [-0.2, 0) is 14.3 Å². The molecule has 0 aromatic rings. The zero-order chi connectivity index (χ0) is 55.7. The van der Waals surface area contributed by atoms with Crippen LogP contribution < -0.4 is 5.32 Å². The molecule has 0 aliphatic rings. The first-order valence-corrected chi connectivity index (χ1v) is 34.8. The minimum atomic E-state index is -0.673. The van der Waals surface area contributed by atoms with Gasteiger partial charge in [0.15, 0.2) is 0 Å². The monoisotopic (exact) mass is 1080 g/mol. The number of hydrogen-bond donors (Lipinski definition) is 3. The Morgan fingerprint density at radius 1 is 0.364 bits per heavy atom. The number of aliphatic hydroxyl groups excluding tert-OH is 2. The molecule has 0 bridgehead atoms. The first-order chi connectivity index (χ1) is 38.0. The summed E-state index contributed by atoms with van der Waals surface area (Å²) in [6, 6.07) is -0.551. The van der Waals surface area contributed by atoms with Crippen LogP contribution >= 0.6 is 0 Å². The number of hydrogen-bond acceptors (Lipinski definition) is 5. The van der Waals surface area contributed by atoms with E-state index in [0.717, 1.165) is 70.6 Å². The average molecular weight is 1080 g/mol. The molecule has 0 fully saturated rings. The molecule has 0 aliphatic carbocycles. The molecule has 6 nitrogen and oxygen atoms in total. The van der Waals surface area contributed by atoms with Gasteiger partial charge in [0.1, 0.15) is 0 Å². The van der Waals surface area contributed by atoms with Gasteiger partial charge in [-0.25, -0.2) is 0 Å². The molecule has 6 heteroatoms. The minimum Gasteiger partial charge on any atom is -0.466 e. The lowest BCUT2D eigenvalue weighted by Gasteiger charge is -2.22. The second-order valence-electron chi connectivity index (χ2n) is 23.9. The second-order valence-corrected chi connectivity index (χ2v) is 23.9. The number of carbonyl (C=O) groups excluding carboxylic acids is 2. The Morgan fingerprint density at radius 3 is 1.00 bits per heavy atom. The van der Waals surface area contributed by atoms with Crippen LogP contribution in [0.2, 0.25) is 0 Å². The van der Waals surface area contributed by atoms with Gasteiger partial charge in [0, 0.05) is 12.8 Å². The van der Waals surface area contributed by atoms with E-state index in [0.29, 0.717) is 25.9 Å². The number of ether oxygens (including phenoxy) is 1. The molecule has 0 aromatic carbocycles. The van der Waals surface area contributed by atoms with E-state index < -0.39 is 12.1 Å². The Balaban J connectivity index is 3.45. The zero-order valence-electron chi connectivity index (χ0n) is 52.0. The molecule has 2 unspecified atom stereocenters. The van der Waals surface area contributed by atoms with E-state index in [2.05, 4.69) is 55.6 Å². The Morgan fingerprint density at radius 2 is 0.649 bits per heavy atom. The summed E-state index contributed by atoms with van der Waals surface area (Å²) >= 11 is 0. The lowest BCUT2D eigenvalue weighted by atomic mass is 10.0. The highest BCUT2D eigenvalue weighted by Crippen LogP contribution is 2.18. The van der Waals surface area contributed by atoms with E-state index in [9.17, 15) is 19.8 Å². The van der Waals surface area contributed by atoms with Gasteiger partial charge >= 0.3 is 5.97 Å². The summed E-state index contributed by atoms with van der Waals surface area (Å²) in [7, 11) is 0. The lowest BCUT2D eigenvalue weighted by Crippen LogP contribution is -2.45. The molecule has 0 saturated carbocycles. The van der Waals surface area contributed by atoms with Gasteiger partial charge in [0.05, 0.1) is 25.4 Å². The molecule has 1 amide bonds. The molecule has 0 spiro atoms. The van der Waals surface area contributed by atoms with Gasteiger partial charge in [-0.2, -0.15) is 0 Å². The Labute approximate surface area is 481 Å². The van der Waals surface area contributed by atoms with Gasteiger partial charge in [-0.15, -0.1) is 0 Å². The fraction of sp³-hybridized carbons (Fsp3) is 0.887. The second kappa shape index (κ2) is 66.6. The third-order valence-corrected chi connectivity index (χ3v) is 16.2. The Bertz CT molecular complexity index is 1250. The van der Waals surface area contributed by atoms with Crippen molar-refractivity contribution >= 4 is 11.9 Å². The molecule has 3 N–H and O–H groups in total. The summed E-state index contributed by atoms with van der Waals surface area (Å²) < 4.78 is 5.48. The van der Waals surface area contributed by atoms with Gasteiger partial charge in [0.2, 0.25) is 5.91 Å². The molecule has 0 aliphatic heterocycles. The average Bonchev–Trinajstić information content (AvgIpc) is 3.43. The van der Waals surface area contributed by atoms with E-state index in [1.807, 2.05) is 0 Å². The van der Waals surface area contributed by atoms with Crippen molar-refractivity contribution in [3.05, 3.63) is 36.5 Å². The molecule has 0 saturated heterocycles. The van der Waals surface area contributed by atoms with Crippen LogP contribution in [0.4, 0.5) is 0 Å². The van der Waals surface area contributed by atoms with Crippen molar-refractivity contribution < 1.29 is 24.5 Å². The fourth-order valence-corrected chi connectivity index (χ4v) is 10.9. The quantitative estimate of drug-likeness (QED) is 0.0244. The van der Waals surface area contributed by atoms with Gasteiger partial charge in [-0.05, 0) is 83.5 Å². The Kier molecular flexibility index (Phi) is 64.9. The van der Waals surface area contributed by atoms with E-state index in [1.54, 1.807) is 0 Å². The van der Waals surface area contributed by atoms with E-state index in [4.69, 9.17) is 4.74 Å². The topological polar surface area (TPSA) is 95.9 Å². The van der Waals surface area contributed by atoms with Crippen LogP contribution in [0.3, 0.4) is 0 Å². The molecule has 0 rings (SSSR count). The van der Waals surface area contributed by atoms with Crippen molar-refractivity contribution in [1.82, 2.24) is 5.32 Å². The molecule has 454 valence electrons. The number of esters is 1. The summed E-state index contributed by atoms with van der Waals surface area (Å²) in [4.78, 5) is 24.6. The highest BCUT2D eigenvalue weighted by molar-refractivity contribution is 5.76. The molecule has 0 radical (unpaired) electrons. The minimum absolute atomic E-state index is 0.0130. The van der Waals surface area contributed by atoms with Gasteiger partial charge in [-0.1, -0.05) is 320 Å². The summed E-state index contributed by atoms with van der Waals surface area (Å²) in [5.74, 6) is -0.0542. The first-order valence-electron chi connectivity index (χ1n) is 34.8. The predicted molar refractivity (Wildman–Crippen MR) is 338 cm³/mol. The molecule has 0 aromatic heterocycles. The smallest absolute Gasteiger partial charge is 0.305 e. The van der Waals surface area contributed by atoms with Crippen LogP contribution in [-0.4, -0.2) is 47.4 Å². The maximum atomic E-state index is 12.5. The number of amides is 1. The van der Waals surface area contributed by atoms with Crippen molar-refractivity contribution in [2.75, 3.05) is 13.2 Å². The SMILES string of the molecule is CCCCCCCC/C=C\CCCCCCCCCCCC(=O)OCCCCC/C=C\C=C/CCCCCCCCCCCCC(=O)NC(CO)C(O)CCCCCCCCCCCCCCCCCCCCCCCC. The number of nitrogens with one attached hydrogen (secondary N) is 1. The third-order valence-electron chi connectivity index (χ3n) is 16.2. The highest BCUT2D eigenvalue weighted by atomic mass is 16.5. The van der Waals surface area contributed by atoms with Gasteiger partial charge in [-0.3, -0.25) is 9.59 Å². The largest absolute Gasteiger partial charge is 0.466 e. The molecular formula is C71H135NO5. The van der Waals surface area contributed by atoms with Gasteiger partial charge < -0.3 is 20.3 Å². The van der Waals surface area contributed by atoms with Crippen molar-refractivity contribution in [2.45, 2.75) is 392 Å². The third kappa shape index (κ3) is 63.1. The number of unbranched alkanes of at least 4 members (excludes halogenated alkanes) is 49. The van der Waals surface area contributed by atoms with Crippen LogP contribution in [0.15, 0.2) is 36.5 Å². The van der Waals surface area contributed by atoms with Crippen LogP contribution in [0, 0.1) is 0 Å².